The van der Waals surface area contributed by atoms with Crippen molar-refractivity contribution in [1.29, 1.82) is 0 Å². The molecule has 4 nitrogen and oxygen atoms in total. The van der Waals surface area contributed by atoms with Crippen molar-refractivity contribution in [2.24, 2.45) is 0 Å². The molecule has 19 heavy (non-hydrogen) atoms. The van der Waals surface area contributed by atoms with E-state index in [2.05, 4.69) is 10.3 Å². The SMILES string of the molecule is CCOC(=O)c1cncc(Nc2ccc(F)cc2)c1. The van der Waals surface area contributed by atoms with E-state index in [-0.39, 0.29) is 5.82 Å². The summed E-state index contributed by atoms with van der Waals surface area (Å²) in [6, 6.07) is 7.54. The third-order valence-electron chi connectivity index (χ3n) is 2.38. The summed E-state index contributed by atoms with van der Waals surface area (Å²) in [6.07, 6.45) is 3.01. The molecule has 0 aliphatic heterocycles. The van der Waals surface area contributed by atoms with Gasteiger partial charge in [-0.05, 0) is 37.3 Å². The number of pyridine rings is 1. The fraction of sp³-hybridized carbons (Fsp3) is 0.143. The van der Waals surface area contributed by atoms with Gasteiger partial charge in [0.05, 0.1) is 24.1 Å². The first kappa shape index (κ1) is 13.0. The van der Waals surface area contributed by atoms with E-state index in [9.17, 15) is 9.18 Å². The summed E-state index contributed by atoms with van der Waals surface area (Å²) in [5.74, 6) is -0.721. The van der Waals surface area contributed by atoms with Gasteiger partial charge in [0, 0.05) is 11.9 Å². The summed E-state index contributed by atoms with van der Waals surface area (Å²) in [7, 11) is 0. The van der Waals surface area contributed by atoms with Crippen LogP contribution < -0.4 is 5.32 Å². The predicted molar refractivity (Wildman–Crippen MR) is 69.9 cm³/mol. The highest BCUT2D eigenvalue weighted by Crippen LogP contribution is 2.17. The second kappa shape index (κ2) is 5.95. The molecule has 0 unspecified atom stereocenters. The number of nitrogens with zero attached hydrogens (tertiary/aromatic N) is 1. The average molecular weight is 260 g/mol. The molecule has 5 heteroatoms. The Kier molecular flexibility index (Phi) is 4.07. The molecule has 0 bridgehead atoms. The van der Waals surface area contributed by atoms with Gasteiger partial charge in [0.1, 0.15) is 5.82 Å². The van der Waals surface area contributed by atoms with E-state index < -0.39 is 5.97 Å². The van der Waals surface area contributed by atoms with Gasteiger partial charge in [0.25, 0.3) is 0 Å². The zero-order chi connectivity index (χ0) is 13.7. The van der Waals surface area contributed by atoms with Gasteiger partial charge in [-0.3, -0.25) is 4.98 Å². The first-order valence-corrected chi connectivity index (χ1v) is 5.84. The Balaban J connectivity index is 2.15. The number of esters is 1. The van der Waals surface area contributed by atoms with Crippen LogP contribution in [0.5, 0.6) is 0 Å². The number of rotatable bonds is 4. The minimum Gasteiger partial charge on any atom is -0.462 e. The summed E-state index contributed by atoms with van der Waals surface area (Å²) < 4.78 is 17.7. The third-order valence-corrected chi connectivity index (χ3v) is 2.38. The number of carbonyl (C=O) groups excluding carboxylic acids is 1. The Labute approximate surface area is 110 Å². The zero-order valence-electron chi connectivity index (χ0n) is 10.4. The van der Waals surface area contributed by atoms with Crippen molar-refractivity contribution in [3.05, 3.63) is 54.1 Å². The second-order valence-corrected chi connectivity index (χ2v) is 3.81. The van der Waals surface area contributed by atoms with Crippen molar-refractivity contribution in [2.75, 3.05) is 11.9 Å². The van der Waals surface area contributed by atoms with E-state index in [0.717, 1.165) is 0 Å². The topological polar surface area (TPSA) is 51.2 Å². The lowest BCUT2D eigenvalue weighted by Crippen LogP contribution is -2.05. The fourth-order valence-electron chi connectivity index (χ4n) is 1.53. The number of carbonyl (C=O) groups is 1. The summed E-state index contributed by atoms with van der Waals surface area (Å²) in [5, 5.41) is 3.03. The maximum Gasteiger partial charge on any atom is 0.339 e. The second-order valence-electron chi connectivity index (χ2n) is 3.81. The number of benzene rings is 1. The first-order valence-electron chi connectivity index (χ1n) is 5.84. The van der Waals surface area contributed by atoms with Crippen LogP contribution in [-0.2, 0) is 4.74 Å². The van der Waals surface area contributed by atoms with Gasteiger partial charge >= 0.3 is 5.97 Å². The molecule has 0 aliphatic carbocycles. The molecule has 0 saturated heterocycles. The molecule has 2 rings (SSSR count). The van der Waals surface area contributed by atoms with E-state index in [0.29, 0.717) is 23.5 Å². The maximum absolute atomic E-state index is 12.8. The Morgan fingerprint density at radius 1 is 1.26 bits per heavy atom. The van der Waals surface area contributed by atoms with Gasteiger partial charge in [-0.2, -0.15) is 0 Å². The summed E-state index contributed by atoms with van der Waals surface area (Å²) in [6.45, 7) is 2.06. The molecule has 98 valence electrons. The van der Waals surface area contributed by atoms with Crippen LogP contribution in [0, 0.1) is 5.82 Å². The zero-order valence-corrected chi connectivity index (χ0v) is 10.4. The van der Waals surface area contributed by atoms with Crippen molar-refractivity contribution in [2.45, 2.75) is 6.92 Å². The van der Waals surface area contributed by atoms with Crippen LogP contribution >= 0.6 is 0 Å². The fourth-order valence-corrected chi connectivity index (χ4v) is 1.53. The average Bonchev–Trinajstić information content (AvgIpc) is 2.42. The van der Waals surface area contributed by atoms with E-state index in [1.165, 1.54) is 18.3 Å². The number of aromatic nitrogens is 1. The standard InChI is InChI=1S/C14H13FN2O2/c1-2-19-14(18)10-7-13(9-16-8-10)17-12-5-3-11(15)4-6-12/h3-9,17H,2H2,1H3. The molecule has 0 fully saturated rings. The minimum absolute atomic E-state index is 0.302. The Morgan fingerprint density at radius 2 is 2.00 bits per heavy atom. The molecule has 0 atom stereocenters. The number of hydrogen-bond donors (Lipinski definition) is 1. The highest BCUT2D eigenvalue weighted by Gasteiger charge is 2.07. The number of anilines is 2. The lowest BCUT2D eigenvalue weighted by atomic mass is 10.2. The van der Waals surface area contributed by atoms with Crippen molar-refractivity contribution in [3.63, 3.8) is 0 Å². The summed E-state index contributed by atoms with van der Waals surface area (Å²) >= 11 is 0. The molecule has 1 heterocycles. The quantitative estimate of drug-likeness (QED) is 0.858. The lowest BCUT2D eigenvalue weighted by molar-refractivity contribution is 0.0526. The van der Waals surface area contributed by atoms with Crippen molar-refractivity contribution >= 4 is 17.3 Å². The molecular weight excluding hydrogens is 247 g/mol. The number of hydrogen-bond acceptors (Lipinski definition) is 4. The van der Waals surface area contributed by atoms with E-state index in [4.69, 9.17) is 4.74 Å². The van der Waals surface area contributed by atoms with Gasteiger partial charge < -0.3 is 10.1 Å². The largest absolute Gasteiger partial charge is 0.462 e. The normalized spacial score (nSPS) is 10.0. The Morgan fingerprint density at radius 3 is 2.68 bits per heavy atom. The smallest absolute Gasteiger partial charge is 0.339 e. The van der Waals surface area contributed by atoms with Gasteiger partial charge in [0.15, 0.2) is 0 Å². The predicted octanol–water partition coefficient (Wildman–Crippen LogP) is 3.14. The van der Waals surface area contributed by atoms with Crippen molar-refractivity contribution in [1.82, 2.24) is 4.98 Å². The van der Waals surface area contributed by atoms with Crippen molar-refractivity contribution in [3.8, 4) is 0 Å². The Bertz CT molecular complexity index is 570. The molecule has 0 aliphatic rings. The van der Waals surface area contributed by atoms with Crippen molar-refractivity contribution < 1.29 is 13.9 Å². The van der Waals surface area contributed by atoms with Crippen LogP contribution in [0.25, 0.3) is 0 Å². The lowest BCUT2D eigenvalue weighted by Gasteiger charge is -2.07. The molecule has 0 radical (unpaired) electrons. The summed E-state index contributed by atoms with van der Waals surface area (Å²) in [5.41, 5.74) is 1.72. The minimum atomic E-state index is -0.419. The number of nitrogens with one attached hydrogen (secondary N) is 1. The van der Waals surface area contributed by atoms with Crippen LogP contribution in [0.15, 0.2) is 42.7 Å². The van der Waals surface area contributed by atoms with Crippen LogP contribution in [0.2, 0.25) is 0 Å². The molecular formula is C14H13FN2O2. The van der Waals surface area contributed by atoms with Crippen LogP contribution in [0.1, 0.15) is 17.3 Å². The highest BCUT2D eigenvalue weighted by molar-refractivity contribution is 5.90. The number of ether oxygens (including phenoxy) is 1. The highest BCUT2D eigenvalue weighted by atomic mass is 19.1. The molecule has 1 aromatic carbocycles. The van der Waals surface area contributed by atoms with Crippen LogP contribution in [-0.4, -0.2) is 17.6 Å². The van der Waals surface area contributed by atoms with E-state index >= 15 is 0 Å². The van der Waals surface area contributed by atoms with E-state index in [1.54, 1.807) is 31.3 Å². The molecule has 0 spiro atoms. The van der Waals surface area contributed by atoms with E-state index in [1.807, 2.05) is 0 Å². The molecule has 1 N–H and O–H groups in total. The Hall–Kier alpha value is -2.43. The first-order chi connectivity index (χ1) is 9.19. The van der Waals surface area contributed by atoms with Gasteiger partial charge in [-0.15, -0.1) is 0 Å². The maximum atomic E-state index is 12.8. The van der Waals surface area contributed by atoms with Gasteiger partial charge in [-0.1, -0.05) is 0 Å². The molecule has 1 aromatic heterocycles. The molecule has 2 aromatic rings. The monoisotopic (exact) mass is 260 g/mol. The van der Waals surface area contributed by atoms with Gasteiger partial charge in [-0.25, -0.2) is 9.18 Å². The van der Waals surface area contributed by atoms with Crippen LogP contribution in [0.4, 0.5) is 15.8 Å². The van der Waals surface area contributed by atoms with Crippen LogP contribution in [0.3, 0.4) is 0 Å². The van der Waals surface area contributed by atoms with Gasteiger partial charge in [0.2, 0.25) is 0 Å². The summed E-state index contributed by atoms with van der Waals surface area (Å²) in [4.78, 5) is 15.5. The molecule has 0 amide bonds. The molecule has 0 saturated carbocycles. The number of halogens is 1. The third kappa shape index (κ3) is 3.51.